The fourth-order valence-electron chi connectivity index (χ4n) is 2.66. The third-order valence-electron chi connectivity index (χ3n) is 3.42. The average Bonchev–Trinajstić information content (AvgIpc) is 2.77. The van der Waals surface area contributed by atoms with Gasteiger partial charge in [0.05, 0.1) is 0 Å². The van der Waals surface area contributed by atoms with Crippen molar-refractivity contribution >= 4 is 5.91 Å². The molecule has 2 heterocycles. The number of primary amides is 1. The number of aromatic amines is 1. The predicted molar refractivity (Wildman–Crippen MR) is 70.4 cm³/mol. The second-order valence-corrected chi connectivity index (χ2v) is 5.57. The van der Waals surface area contributed by atoms with Crippen molar-refractivity contribution in [2.24, 2.45) is 11.7 Å². The summed E-state index contributed by atoms with van der Waals surface area (Å²) in [5, 5.41) is 6.91. The van der Waals surface area contributed by atoms with Gasteiger partial charge in [-0.25, -0.2) is 0 Å². The molecule has 0 aliphatic carbocycles. The molecule has 1 amide bonds. The van der Waals surface area contributed by atoms with Crippen molar-refractivity contribution in [1.82, 2.24) is 15.1 Å². The number of piperidine rings is 1. The fraction of sp³-hybridized carbons (Fsp3) is 0.692. The number of H-pyrrole nitrogens is 1. The van der Waals surface area contributed by atoms with E-state index in [1.807, 2.05) is 0 Å². The first-order valence-electron chi connectivity index (χ1n) is 6.63. The Hall–Kier alpha value is -1.36. The fourth-order valence-corrected chi connectivity index (χ4v) is 2.66. The van der Waals surface area contributed by atoms with Crippen molar-refractivity contribution in [2.75, 3.05) is 19.6 Å². The minimum absolute atomic E-state index is 0.339. The summed E-state index contributed by atoms with van der Waals surface area (Å²) in [6.07, 6.45) is 2.34. The normalized spacial score (nSPS) is 21.4. The summed E-state index contributed by atoms with van der Waals surface area (Å²) < 4.78 is 0. The number of nitrogens with zero attached hydrogens (tertiary/aromatic N) is 2. The smallest absolute Gasteiger partial charge is 0.269 e. The largest absolute Gasteiger partial charge is 0.364 e. The summed E-state index contributed by atoms with van der Waals surface area (Å²) in [6.45, 7) is 7.83. The zero-order valence-corrected chi connectivity index (χ0v) is 11.1. The van der Waals surface area contributed by atoms with Gasteiger partial charge < -0.3 is 10.6 Å². The van der Waals surface area contributed by atoms with Gasteiger partial charge in [0.1, 0.15) is 5.69 Å². The Labute approximate surface area is 108 Å². The number of rotatable bonds is 4. The van der Waals surface area contributed by atoms with Crippen LogP contribution in [0.1, 0.15) is 48.8 Å². The molecule has 0 saturated carbocycles. The molecule has 18 heavy (non-hydrogen) atoms. The monoisotopic (exact) mass is 250 g/mol. The average molecular weight is 250 g/mol. The molecule has 1 atom stereocenters. The molecule has 100 valence electrons. The van der Waals surface area contributed by atoms with Crippen LogP contribution in [-0.2, 0) is 0 Å². The SMILES string of the molecule is CC(C)CN1CCC[C@@H](c2cc(C(N)=O)n[nH]2)C1. The number of likely N-dealkylation sites (tertiary alicyclic amines) is 1. The van der Waals surface area contributed by atoms with Crippen molar-refractivity contribution in [2.45, 2.75) is 32.6 Å². The highest BCUT2D eigenvalue weighted by Gasteiger charge is 2.23. The van der Waals surface area contributed by atoms with Crippen molar-refractivity contribution < 1.29 is 4.79 Å². The summed E-state index contributed by atoms with van der Waals surface area (Å²) in [5.74, 6) is 0.664. The Morgan fingerprint density at radius 3 is 3.06 bits per heavy atom. The standard InChI is InChI=1S/C13H22N4O/c1-9(2)7-17-5-3-4-10(8-17)11-6-12(13(14)18)16-15-11/h6,9-10H,3-5,7-8H2,1-2H3,(H2,14,18)(H,15,16)/t10-/m1/s1. The van der Waals surface area contributed by atoms with Gasteiger partial charge in [-0.2, -0.15) is 5.10 Å². The Balaban J connectivity index is 2.01. The molecule has 0 aromatic carbocycles. The van der Waals surface area contributed by atoms with Crippen LogP contribution in [0, 0.1) is 5.92 Å². The number of nitrogens with one attached hydrogen (secondary N) is 1. The zero-order valence-electron chi connectivity index (χ0n) is 11.1. The second-order valence-electron chi connectivity index (χ2n) is 5.57. The van der Waals surface area contributed by atoms with E-state index in [1.54, 1.807) is 6.07 Å². The third kappa shape index (κ3) is 3.10. The molecule has 1 aromatic rings. The van der Waals surface area contributed by atoms with E-state index in [-0.39, 0.29) is 0 Å². The number of hydrogen-bond donors (Lipinski definition) is 2. The van der Waals surface area contributed by atoms with Crippen LogP contribution in [-0.4, -0.2) is 40.6 Å². The number of carbonyl (C=O) groups is 1. The highest BCUT2D eigenvalue weighted by Crippen LogP contribution is 2.26. The topological polar surface area (TPSA) is 75.0 Å². The van der Waals surface area contributed by atoms with Crippen LogP contribution in [0.25, 0.3) is 0 Å². The maximum atomic E-state index is 11.0. The number of nitrogens with two attached hydrogens (primary N) is 1. The minimum atomic E-state index is -0.465. The van der Waals surface area contributed by atoms with Crippen molar-refractivity contribution in [3.63, 3.8) is 0 Å². The van der Waals surface area contributed by atoms with Gasteiger partial charge in [0.25, 0.3) is 5.91 Å². The highest BCUT2D eigenvalue weighted by atomic mass is 16.1. The molecule has 5 heteroatoms. The summed E-state index contributed by atoms with van der Waals surface area (Å²) in [5.41, 5.74) is 6.60. The molecule has 0 spiro atoms. The van der Waals surface area contributed by atoms with Crippen LogP contribution < -0.4 is 5.73 Å². The summed E-state index contributed by atoms with van der Waals surface area (Å²) in [7, 11) is 0. The van der Waals surface area contributed by atoms with Crippen LogP contribution in [0.2, 0.25) is 0 Å². The molecular weight excluding hydrogens is 228 g/mol. The van der Waals surface area contributed by atoms with E-state index in [0.29, 0.717) is 17.5 Å². The summed E-state index contributed by atoms with van der Waals surface area (Å²) in [4.78, 5) is 13.5. The van der Waals surface area contributed by atoms with Crippen LogP contribution in [0.5, 0.6) is 0 Å². The number of carbonyl (C=O) groups excluding carboxylic acids is 1. The van der Waals surface area contributed by atoms with E-state index in [1.165, 1.54) is 13.0 Å². The van der Waals surface area contributed by atoms with Crippen molar-refractivity contribution in [1.29, 1.82) is 0 Å². The lowest BCUT2D eigenvalue weighted by Gasteiger charge is -2.33. The molecular formula is C13H22N4O. The van der Waals surface area contributed by atoms with Crippen molar-refractivity contribution in [3.05, 3.63) is 17.5 Å². The quantitative estimate of drug-likeness (QED) is 0.847. The lowest BCUT2D eigenvalue weighted by molar-refractivity contribution is 0.0995. The Bertz CT molecular complexity index is 413. The Kier molecular flexibility index (Phi) is 4.01. The maximum absolute atomic E-state index is 11.0. The van der Waals surface area contributed by atoms with Gasteiger partial charge in [-0.15, -0.1) is 0 Å². The van der Waals surface area contributed by atoms with Gasteiger partial charge in [-0.05, 0) is 31.4 Å². The van der Waals surface area contributed by atoms with E-state index < -0.39 is 5.91 Å². The first kappa shape index (κ1) is 13.1. The number of hydrogen-bond acceptors (Lipinski definition) is 3. The first-order valence-corrected chi connectivity index (χ1v) is 6.63. The van der Waals surface area contributed by atoms with E-state index in [9.17, 15) is 4.79 Å². The first-order chi connectivity index (χ1) is 8.56. The van der Waals surface area contributed by atoms with Crippen LogP contribution >= 0.6 is 0 Å². The van der Waals surface area contributed by atoms with E-state index >= 15 is 0 Å². The maximum Gasteiger partial charge on any atom is 0.269 e. The van der Waals surface area contributed by atoms with E-state index in [0.717, 1.165) is 25.2 Å². The molecule has 2 rings (SSSR count). The molecule has 1 saturated heterocycles. The lowest BCUT2D eigenvalue weighted by Crippen LogP contribution is -2.36. The molecule has 1 aliphatic rings. The van der Waals surface area contributed by atoms with Gasteiger partial charge in [-0.1, -0.05) is 13.8 Å². The zero-order chi connectivity index (χ0) is 13.1. The Morgan fingerprint density at radius 1 is 1.67 bits per heavy atom. The molecule has 0 radical (unpaired) electrons. The minimum Gasteiger partial charge on any atom is -0.364 e. The number of aromatic nitrogens is 2. The van der Waals surface area contributed by atoms with Gasteiger partial charge in [0.15, 0.2) is 0 Å². The Morgan fingerprint density at radius 2 is 2.44 bits per heavy atom. The molecule has 0 bridgehead atoms. The molecule has 1 fully saturated rings. The summed E-state index contributed by atoms with van der Waals surface area (Å²) >= 11 is 0. The van der Waals surface area contributed by atoms with Gasteiger partial charge in [-0.3, -0.25) is 9.89 Å². The number of amides is 1. The van der Waals surface area contributed by atoms with Gasteiger partial charge in [0, 0.05) is 24.7 Å². The second kappa shape index (κ2) is 5.52. The molecule has 1 aliphatic heterocycles. The van der Waals surface area contributed by atoms with E-state index in [2.05, 4.69) is 28.9 Å². The summed E-state index contributed by atoms with van der Waals surface area (Å²) in [6, 6.07) is 1.80. The van der Waals surface area contributed by atoms with Crippen LogP contribution in [0.15, 0.2) is 6.07 Å². The molecule has 0 unspecified atom stereocenters. The third-order valence-corrected chi connectivity index (χ3v) is 3.42. The molecule has 5 nitrogen and oxygen atoms in total. The molecule has 1 aromatic heterocycles. The van der Waals surface area contributed by atoms with Gasteiger partial charge in [0.2, 0.25) is 0 Å². The molecule has 3 N–H and O–H groups in total. The predicted octanol–water partition coefficient (Wildman–Crippen LogP) is 1.34. The lowest BCUT2D eigenvalue weighted by atomic mass is 9.94. The van der Waals surface area contributed by atoms with Crippen LogP contribution in [0.4, 0.5) is 0 Å². The van der Waals surface area contributed by atoms with Gasteiger partial charge >= 0.3 is 0 Å². The highest BCUT2D eigenvalue weighted by molar-refractivity contribution is 5.90. The van der Waals surface area contributed by atoms with E-state index in [4.69, 9.17) is 5.73 Å². The van der Waals surface area contributed by atoms with Crippen molar-refractivity contribution in [3.8, 4) is 0 Å². The van der Waals surface area contributed by atoms with Crippen LogP contribution in [0.3, 0.4) is 0 Å².